The molecular formula is C18H26O11. The highest BCUT2D eigenvalue weighted by atomic mass is 16.7. The molecule has 0 aromatic heterocycles. The van der Waals surface area contributed by atoms with Crippen LogP contribution in [-0.2, 0) is 52.4 Å². The van der Waals surface area contributed by atoms with Gasteiger partial charge in [-0.3, -0.25) is 24.0 Å². The Bertz CT molecular complexity index is 627. The third-order valence-electron chi connectivity index (χ3n) is 4.31. The van der Waals surface area contributed by atoms with Gasteiger partial charge in [0.25, 0.3) is 0 Å². The van der Waals surface area contributed by atoms with Crippen LogP contribution in [0.15, 0.2) is 0 Å². The van der Waals surface area contributed by atoms with Crippen LogP contribution in [-0.4, -0.2) is 73.1 Å². The molecule has 0 aromatic carbocycles. The highest BCUT2D eigenvalue weighted by Gasteiger charge is 2.65. The van der Waals surface area contributed by atoms with Crippen molar-refractivity contribution in [3.63, 3.8) is 0 Å². The van der Waals surface area contributed by atoms with E-state index in [1.165, 1.54) is 14.0 Å². The van der Waals surface area contributed by atoms with Gasteiger partial charge in [-0.05, 0) is 6.92 Å². The number of esters is 5. The standard InChI is InChI=1S/C18H26O11/c1-8(19)25-13-14(26-9(2)20)16(28-11(4)22)18(6,24-7)17(29-12(5)23)15(13)27-10(3)21/h13-17H,1-7H3. The summed E-state index contributed by atoms with van der Waals surface area (Å²) in [5.41, 5.74) is -1.63. The van der Waals surface area contributed by atoms with E-state index in [0.717, 1.165) is 34.6 Å². The Morgan fingerprint density at radius 2 is 0.828 bits per heavy atom. The van der Waals surface area contributed by atoms with E-state index in [1.807, 2.05) is 0 Å². The largest absolute Gasteiger partial charge is 0.455 e. The minimum absolute atomic E-state index is 0.760. The van der Waals surface area contributed by atoms with Crippen LogP contribution >= 0.6 is 0 Å². The lowest BCUT2D eigenvalue weighted by Crippen LogP contribution is -2.73. The lowest BCUT2D eigenvalue weighted by atomic mass is 9.75. The van der Waals surface area contributed by atoms with Crippen molar-refractivity contribution in [3.8, 4) is 0 Å². The fraction of sp³-hybridized carbons (Fsp3) is 0.722. The minimum Gasteiger partial charge on any atom is -0.455 e. The normalized spacial score (nSPS) is 31.2. The second kappa shape index (κ2) is 9.68. The van der Waals surface area contributed by atoms with Crippen LogP contribution in [0.25, 0.3) is 0 Å². The molecule has 29 heavy (non-hydrogen) atoms. The van der Waals surface area contributed by atoms with Crippen molar-refractivity contribution in [3.05, 3.63) is 0 Å². The van der Waals surface area contributed by atoms with Crippen LogP contribution in [0.4, 0.5) is 0 Å². The first-order chi connectivity index (χ1) is 13.3. The molecule has 4 atom stereocenters. The van der Waals surface area contributed by atoms with E-state index in [1.54, 1.807) is 0 Å². The van der Waals surface area contributed by atoms with E-state index in [2.05, 4.69) is 0 Å². The molecule has 164 valence electrons. The van der Waals surface area contributed by atoms with Crippen LogP contribution in [0, 0.1) is 0 Å². The van der Waals surface area contributed by atoms with Crippen LogP contribution in [0.2, 0.25) is 0 Å². The molecule has 1 aliphatic rings. The Kier molecular flexibility index (Phi) is 8.13. The average molecular weight is 418 g/mol. The molecule has 1 saturated carbocycles. The Hall–Kier alpha value is -2.69. The molecule has 4 unspecified atom stereocenters. The maximum absolute atomic E-state index is 11.7. The maximum Gasteiger partial charge on any atom is 0.303 e. The lowest BCUT2D eigenvalue weighted by molar-refractivity contribution is -0.286. The summed E-state index contributed by atoms with van der Waals surface area (Å²) in [5, 5.41) is 0. The number of ether oxygens (including phenoxy) is 6. The number of hydrogen-bond acceptors (Lipinski definition) is 11. The van der Waals surface area contributed by atoms with Gasteiger partial charge in [-0.25, -0.2) is 0 Å². The van der Waals surface area contributed by atoms with Crippen molar-refractivity contribution >= 4 is 29.8 Å². The highest BCUT2D eigenvalue weighted by molar-refractivity contribution is 5.70. The summed E-state index contributed by atoms with van der Waals surface area (Å²) in [5.74, 6) is -3.88. The van der Waals surface area contributed by atoms with Gasteiger partial charge in [-0.2, -0.15) is 0 Å². The second-order valence-corrected chi connectivity index (χ2v) is 6.67. The monoisotopic (exact) mass is 418 g/mol. The molecular weight excluding hydrogens is 392 g/mol. The first kappa shape index (κ1) is 24.3. The van der Waals surface area contributed by atoms with Gasteiger partial charge in [-0.15, -0.1) is 0 Å². The Morgan fingerprint density at radius 3 is 1.07 bits per heavy atom. The van der Waals surface area contributed by atoms with Crippen molar-refractivity contribution in [1.82, 2.24) is 0 Å². The predicted octanol–water partition coefficient (Wildman–Crippen LogP) is 0.0636. The maximum atomic E-state index is 11.7. The van der Waals surface area contributed by atoms with E-state index < -0.39 is 66.0 Å². The van der Waals surface area contributed by atoms with Gasteiger partial charge in [-0.1, -0.05) is 0 Å². The molecule has 11 heteroatoms. The van der Waals surface area contributed by atoms with E-state index in [-0.39, 0.29) is 0 Å². The topological polar surface area (TPSA) is 141 Å². The summed E-state index contributed by atoms with van der Waals surface area (Å²) >= 11 is 0. The molecule has 0 bridgehead atoms. The fourth-order valence-corrected chi connectivity index (χ4v) is 3.27. The smallest absolute Gasteiger partial charge is 0.303 e. The number of methoxy groups -OCH3 is 1. The zero-order chi connectivity index (χ0) is 22.5. The van der Waals surface area contributed by atoms with Gasteiger partial charge in [0, 0.05) is 41.7 Å². The summed E-state index contributed by atoms with van der Waals surface area (Å²) in [6, 6.07) is 0. The Balaban J connectivity index is 3.69. The Morgan fingerprint density at radius 1 is 0.552 bits per heavy atom. The molecule has 1 aliphatic carbocycles. The first-order valence-corrected chi connectivity index (χ1v) is 8.74. The SMILES string of the molecule is COC1(C)C(OC(C)=O)C(OC(C)=O)C(OC(C)=O)C(OC(C)=O)C1OC(C)=O. The molecule has 0 heterocycles. The van der Waals surface area contributed by atoms with E-state index in [4.69, 9.17) is 28.4 Å². The van der Waals surface area contributed by atoms with Gasteiger partial charge >= 0.3 is 29.8 Å². The summed E-state index contributed by atoms with van der Waals surface area (Å²) in [4.78, 5) is 58.7. The molecule has 0 N–H and O–H groups in total. The quantitative estimate of drug-likeness (QED) is 0.427. The number of carbonyl (C=O) groups is 5. The summed E-state index contributed by atoms with van der Waals surface area (Å²) in [7, 11) is 1.24. The van der Waals surface area contributed by atoms with Crippen LogP contribution in [0.1, 0.15) is 41.5 Å². The summed E-state index contributed by atoms with van der Waals surface area (Å²) < 4.78 is 32.0. The molecule has 0 aliphatic heterocycles. The van der Waals surface area contributed by atoms with E-state index in [0.29, 0.717) is 0 Å². The number of hydrogen-bond donors (Lipinski definition) is 0. The van der Waals surface area contributed by atoms with Crippen LogP contribution < -0.4 is 0 Å². The predicted molar refractivity (Wildman–Crippen MR) is 93.2 cm³/mol. The van der Waals surface area contributed by atoms with Gasteiger partial charge in [0.1, 0.15) is 5.60 Å². The van der Waals surface area contributed by atoms with Crippen molar-refractivity contribution in [1.29, 1.82) is 0 Å². The first-order valence-electron chi connectivity index (χ1n) is 8.74. The molecule has 0 saturated heterocycles. The molecule has 11 nitrogen and oxygen atoms in total. The third kappa shape index (κ3) is 5.89. The van der Waals surface area contributed by atoms with Gasteiger partial charge < -0.3 is 28.4 Å². The minimum atomic E-state index is -1.63. The Labute approximate surface area is 167 Å². The zero-order valence-corrected chi connectivity index (χ0v) is 17.4. The molecule has 1 fully saturated rings. The fourth-order valence-electron chi connectivity index (χ4n) is 3.27. The van der Waals surface area contributed by atoms with Crippen molar-refractivity contribution in [2.45, 2.75) is 77.7 Å². The van der Waals surface area contributed by atoms with Crippen molar-refractivity contribution < 1.29 is 52.4 Å². The van der Waals surface area contributed by atoms with Crippen LogP contribution in [0.5, 0.6) is 0 Å². The second-order valence-electron chi connectivity index (χ2n) is 6.67. The summed E-state index contributed by atoms with van der Waals surface area (Å²) in [6.45, 7) is 6.92. The van der Waals surface area contributed by atoms with Crippen molar-refractivity contribution in [2.75, 3.05) is 7.11 Å². The highest BCUT2D eigenvalue weighted by Crippen LogP contribution is 2.40. The van der Waals surface area contributed by atoms with E-state index in [9.17, 15) is 24.0 Å². The van der Waals surface area contributed by atoms with E-state index >= 15 is 0 Å². The lowest BCUT2D eigenvalue weighted by Gasteiger charge is -2.52. The van der Waals surface area contributed by atoms with Gasteiger partial charge in [0.15, 0.2) is 30.5 Å². The third-order valence-corrected chi connectivity index (χ3v) is 4.31. The van der Waals surface area contributed by atoms with Crippen molar-refractivity contribution in [2.24, 2.45) is 0 Å². The summed E-state index contributed by atoms with van der Waals surface area (Å²) in [6.07, 6.45) is -7.01. The van der Waals surface area contributed by atoms with Gasteiger partial charge in [0.05, 0.1) is 0 Å². The zero-order valence-electron chi connectivity index (χ0n) is 17.4. The molecule has 0 amide bonds. The number of rotatable bonds is 6. The molecule has 0 spiro atoms. The molecule has 0 aromatic rings. The van der Waals surface area contributed by atoms with Gasteiger partial charge in [0.2, 0.25) is 0 Å². The van der Waals surface area contributed by atoms with Crippen LogP contribution in [0.3, 0.4) is 0 Å². The average Bonchev–Trinajstić information content (AvgIpc) is 2.56. The number of carbonyl (C=O) groups excluding carboxylic acids is 5. The molecule has 1 rings (SSSR count). The molecule has 0 radical (unpaired) electrons.